The molecule has 2 heterocycles. The summed E-state index contributed by atoms with van der Waals surface area (Å²) in [6.07, 6.45) is 1.59. The number of nitrogens with one attached hydrogen (secondary N) is 1. The highest BCUT2D eigenvalue weighted by Crippen LogP contribution is 2.30. The highest BCUT2D eigenvalue weighted by Gasteiger charge is 2.36. The highest BCUT2D eigenvalue weighted by molar-refractivity contribution is 7.92. The molecule has 1 aromatic heterocycles. The molecule has 0 saturated heterocycles. The van der Waals surface area contributed by atoms with Gasteiger partial charge >= 0.3 is 0 Å². The first-order valence-electron chi connectivity index (χ1n) is 9.70. The number of benzene rings is 2. The van der Waals surface area contributed by atoms with Crippen LogP contribution in [0.2, 0.25) is 0 Å². The van der Waals surface area contributed by atoms with Gasteiger partial charge in [0, 0.05) is 35.8 Å². The predicted octanol–water partition coefficient (Wildman–Crippen LogP) is 3.38. The van der Waals surface area contributed by atoms with Crippen molar-refractivity contribution < 1.29 is 17.6 Å². The summed E-state index contributed by atoms with van der Waals surface area (Å²) in [5, 5.41) is 17.8. The molecule has 0 unspecified atom stereocenters. The lowest BCUT2D eigenvalue weighted by molar-refractivity contribution is 0.0725. The standard InChI is InChI=1S/C21H22FN5O3S/c1-21(2,31(3,28)29)12-16-11-19(25-30-16)15-8-9-17(18(22)10-15)13-4-6-14(7-5-13)20-23-26-27-24-20/h4-10,16H,11-12H2,1-3H3,(H,23,24,26,27)/t16-/m1/s1. The van der Waals surface area contributed by atoms with E-state index >= 15 is 0 Å². The zero-order valence-corrected chi connectivity index (χ0v) is 18.1. The summed E-state index contributed by atoms with van der Waals surface area (Å²) in [4.78, 5) is 5.44. The van der Waals surface area contributed by atoms with Crippen molar-refractivity contribution in [1.82, 2.24) is 20.6 Å². The Morgan fingerprint density at radius 1 is 1.13 bits per heavy atom. The summed E-state index contributed by atoms with van der Waals surface area (Å²) in [5.74, 6) is 0.0858. The molecule has 0 bridgehead atoms. The summed E-state index contributed by atoms with van der Waals surface area (Å²) >= 11 is 0. The van der Waals surface area contributed by atoms with Crippen LogP contribution < -0.4 is 0 Å². The Morgan fingerprint density at radius 2 is 1.81 bits per heavy atom. The van der Waals surface area contributed by atoms with Crippen LogP contribution in [0.1, 0.15) is 32.3 Å². The molecule has 31 heavy (non-hydrogen) atoms. The maximum atomic E-state index is 14.9. The molecular weight excluding hydrogens is 421 g/mol. The summed E-state index contributed by atoms with van der Waals surface area (Å²) in [6.45, 7) is 3.34. The van der Waals surface area contributed by atoms with E-state index in [1.807, 2.05) is 0 Å². The minimum absolute atomic E-state index is 0.312. The lowest BCUT2D eigenvalue weighted by Crippen LogP contribution is -2.35. The Morgan fingerprint density at radius 3 is 2.42 bits per heavy atom. The minimum atomic E-state index is -3.24. The summed E-state index contributed by atoms with van der Waals surface area (Å²) in [6, 6.07) is 12.1. The van der Waals surface area contributed by atoms with Gasteiger partial charge in [-0.1, -0.05) is 41.6 Å². The van der Waals surface area contributed by atoms with Crippen LogP contribution in [-0.4, -0.2) is 51.9 Å². The van der Waals surface area contributed by atoms with Crippen LogP contribution in [0.3, 0.4) is 0 Å². The van der Waals surface area contributed by atoms with Gasteiger partial charge in [-0.2, -0.15) is 5.21 Å². The molecular formula is C21H22FN5O3S. The van der Waals surface area contributed by atoms with E-state index in [-0.39, 0.29) is 11.9 Å². The Hall–Kier alpha value is -3.14. The van der Waals surface area contributed by atoms with Gasteiger partial charge in [-0.15, -0.1) is 10.2 Å². The molecule has 0 aliphatic carbocycles. The number of oxime groups is 1. The number of halogens is 1. The molecule has 4 rings (SSSR count). The summed E-state index contributed by atoms with van der Waals surface area (Å²) in [5.41, 5.74) is 3.16. The molecule has 1 aliphatic heterocycles. The quantitative estimate of drug-likeness (QED) is 0.625. The fraction of sp³-hybridized carbons (Fsp3) is 0.333. The molecule has 3 aromatic rings. The normalized spacial score (nSPS) is 16.8. The van der Waals surface area contributed by atoms with Crippen LogP contribution in [0.4, 0.5) is 4.39 Å². The second kappa shape index (κ2) is 7.84. The summed E-state index contributed by atoms with van der Waals surface area (Å²) in [7, 11) is -3.24. The first-order valence-corrected chi connectivity index (χ1v) is 11.6. The fourth-order valence-corrected chi connectivity index (χ4v) is 3.91. The van der Waals surface area contributed by atoms with Crippen molar-refractivity contribution in [3.63, 3.8) is 0 Å². The fourth-order valence-electron chi connectivity index (χ4n) is 3.42. The number of H-pyrrole nitrogens is 1. The largest absolute Gasteiger partial charge is 0.392 e. The van der Waals surface area contributed by atoms with Crippen LogP contribution in [0.25, 0.3) is 22.5 Å². The molecule has 1 aliphatic rings. The van der Waals surface area contributed by atoms with E-state index in [4.69, 9.17) is 4.84 Å². The smallest absolute Gasteiger partial charge is 0.204 e. The Labute approximate surface area is 179 Å². The number of hydrogen-bond acceptors (Lipinski definition) is 7. The van der Waals surface area contributed by atoms with E-state index in [2.05, 4.69) is 25.8 Å². The molecule has 0 saturated carbocycles. The van der Waals surface area contributed by atoms with E-state index < -0.39 is 14.6 Å². The molecule has 0 fully saturated rings. The van der Waals surface area contributed by atoms with Crippen LogP contribution >= 0.6 is 0 Å². The summed E-state index contributed by atoms with van der Waals surface area (Å²) < 4.78 is 37.8. The van der Waals surface area contributed by atoms with Gasteiger partial charge in [-0.3, -0.25) is 0 Å². The molecule has 10 heteroatoms. The van der Waals surface area contributed by atoms with Crippen molar-refractivity contribution in [3.05, 3.63) is 53.8 Å². The van der Waals surface area contributed by atoms with E-state index in [0.717, 1.165) is 5.56 Å². The Bertz CT molecular complexity index is 1220. The lowest BCUT2D eigenvalue weighted by Gasteiger charge is -2.24. The number of aromatic nitrogens is 4. The molecule has 0 spiro atoms. The van der Waals surface area contributed by atoms with Gasteiger partial charge in [-0.05, 0) is 30.7 Å². The Kier molecular flexibility index (Phi) is 5.34. The number of tetrazole rings is 1. The van der Waals surface area contributed by atoms with E-state index in [1.165, 1.54) is 12.3 Å². The van der Waals surface area contributed by atoms with Gasteiger partial charge in [0.15, 0.2) is 9.84 Å². The Balaban J connectivity index is 1.48. The molecule has 8 nitrogen and oxygen atoms in total. The molecule has 2 aromatic carbocycles. The predicted molar refractivity (Wildman–Crippen MR) is 115 cm³/mol. The maximum absolute atomic E-state index is 14.9. The van der Waals surface area contributed by atoms with Crippen molar-refractivity contribution in [2.45, 2.75) is 37.5 Å². The highest BCUT2D eigenvalue weighted by atomic mass is 32.2. The first kappa shape index (κ1) is 21.1. The van der Waals surface area contributed by atoms with Crippen LogP contribution in [0.15, 0.2) is 47.6 Å². The van der Waals surface area contributed by atoms with Gasteiger partial charge in [0.05, 0.1) is 10.5 Å². The monoisotopic (exact) mass is 443 g/mol. The van der Waals surface area contributed by atoms with E-state index in [9.17, 15) is 12.8 Å². The van der Waals surface area contributed by atoms with Crippen molar-refractivity contribution >= 4 is 15.5 Å². The van der Waals surface area contributed by atoms with Crippen LogP contribution in [-0.2, 0) is 14.7 Å². The van der Waals surface area contributed by atoms with E-state index in [0.29, 0.717) is 41.1 Å². The second-order valence-corrected chi connectivity index (χ2v) is 10.9. The van der Waals surface area contributed by atoms with Gasteiger partial charge in [-0.25, -0.2) is 12.8 Å². The minimum Gasteiger partial charge on any atom is -0.392 e. The maximum Gasteiger partial charge on any atom is 0.204 e. The molecule has 0 radical (unpaired) electrons. The van der Waals surface area contributed by atoms with Gasteiger partial charge in [0.1, 0.15) is 11.9 Å². The zero-order chi connectivity index (χ0) is 22.2. The van der Waals surface area contributed by atoms with Gasteiger partial charge in [0.2, 0.25) is 5.82 Å². The third kappa shape index (κ3) is 4.34. The SMILES string of the molecule is CC(C)(C[C@H]1CC(c2ccc(-c3ccc(-c4nn[nH]n4)cc3)c(F)c2)=NO1)S(C)(=O)=O. The van der Waals surface area contributed by atoms with E-state index in [1.54, 1.807) is 50.2 Å². The van der Waals surface area contributed by atoms with Crippen molar-refractivity contribution in [1.29, 1.82) is 0 Å². The topological polar surface area (TPSA) is 110 Å². The molecule has 1 N–H and O–H groups in total. The molecule has 1 atom stereocenters. The van der Waals surface area contributed by atoms with Crippen molar-refractivity contribution in [2.75, 3.05) is 6.26 Å². The number of rotatable bonds is 6. The number of aromatic amines is 1. The average molecular weight is 444 g/mol. The van der Waals surface area contributed by atoms with Crippen LogP contribution in [0.5, 0.6) is 0 Å². The molecule has 0 amide bonds. The number of sulfone groups is 1. The third-order valence-electron chi connectivity index (χ3n) is 5.56. The van der Waals surface area contributed by atoms with Gasteiger partial charge < -0.3 is 4.84 Å². The first-order chi connectivity index (χ1) is 14.6. The van der Waals surface area contributed by atoms with Crippen LogP contribution in [0, 0.1) is 5.82 Å². The number of nitrogens with zero attached hydrogens (tertiary/aromatic N) is 4. The molecule has 162 valence electrons. The number of hydrogen-bond donors (Lipinski definition) is 1. The zero-order valence-electron chi connectivity index (χ0n) is 17.3. The lowest BCUT2D eigenvalue weighted by atomic mass is 9.96. The van der Waals surface area contributed by atoms with Crippen molar-refractivity contribution in [3.8, 4) is 22.5 Å². The van der Waals surface area contributed by atoms with Crippen molar-refractivity contribution in [2.24, 2.45) is 5.16 Å². The average Bonchev–Trinajstić information content (AvgIpc) is 3.39. The second-order valence-electron chi connectivity index (χ2n) is 8.21. The third-order valence-corrected chi connectivity index (χ3v) is 7.73. The van der Waals surface area contributed by atoms with Gasteiger partial charge in [0.25, 0.3) is 0 Å².